The Morgan fingerprint density at radius 3 is 2.42 bits per heavy atom. The van der Waals surface area contributed by atoms with Crippen LogP contribution < -0.4 is 33.8 Å². The van der Waals surface area contributed by atoms with Gasteiger partial charge in [-0.1, -0.05) is 53.3 Å². The molecule has 0 N–H and O–H groups in total. The number of aromatic nitrogens is 1. The Hall–Kier alpha value is -4.54. The summed E-state index contributed by atoms with van der Waals surface area (Å²) < 4.78 is 30.2. The summed E-state index contributed by atoms with van der Waals surface area (Å²) in [7, 11) is 3.11. The summed E-state index contributed by atoms with van der Waals surface area (Å²) in [5.74, 6) is 1.55. The van der Waals surface area contributed by atoms with Crippen molar-refractivity contribution in [2.24, 2.45) is 4.99 Å². The molecule has 11 heteroatoms. The van der Waals surface area contributed by atoms with Crippen molar-refractivity contribution < 1.29 is 28.5 Å². The minimum atomic E-state index is -0.789. The smallest absolute Gasteiger partial charge is 0.338 e. The van der Waals surface area contributed by atoms with Gasteiger partial charge in [0.05, 0.1) is 49.3 Å². The van der Waals surface area contributed by atoms with Gasteiger partial charge in [0.1, 0.15) is 6.61 Å². The first kappa shape index (κ1) is 31.9. The van der Waals surface area contributed by atoms with Crippen molar-refractivity contribution >= 4 is 35.0 Å². The number of nitrogens with zero attached hydrogens (tertiary/aromatic N) is 2. The van der Waals surface area contributed by atoms with Crippen molar-refractivity contribution in [3.05, 3.63) is 113 Å². The average Bonchev–Trinajstić information content (AvgIpc) is 3.34. The second kappa shape index (κ2) is 14.0. The highest BCUT2D eigenvalue weighted by Gasteiger charge is 2.34. The van der Waals surface area contributed by atoms with Crippen LogP contribution in [0, 0.1) is 0 Å². The number of carbonyl (C=O) groups excluding carboxylic acids is 1. The Morgan fingerprint density at radius 2 is 1.71 bits per heavy atom. The summed E-state index contributed by atoms with van der Waals surface area (Å²) >= 11 is 7.51. The van der Waals surface area contributed by atoms with Crippen LogP contribution >= 0.6 is 22.9 Å². The topological polar surface area (TPSA) is 97.6 Å². The highest BCUT2D eigenvalue weighted by Crippen LogP contribution is 2.36. The molecule has 9 nitrogen and oxygen atoms in total. The van der Waals surface area contributed by atoms with Crippen LogP contribution in [-0.4, -0.2) is 38.0 Å². The van der Waals surface area contributed by atoms with Crippen molar-refractivity contribution in [1.29, 1.82) is 0 Å². The fraction of sp³-hybridized carbons (Fsp3) is 0.265. The van der Waals surface area contributed by atoms with Crippen LogP contribution in [0.2, 0.25) is 5.02 Å². The van der Waals surface area contributed by atoms with E-state index < -0.39 is 12.0 Å². The molecule has 1 aliphatic heterocycles. The SMILES string of the molecule is CCOC(=O)C1=C(C)N=c2s/c(=C\c3ccc(OCc4ccccc4Cl)c(OC)c3)c(=O)n2[C@@H]1c1ccc(OC)c(OCC)c1. The van der Waals surface area contributed by atoms with Gasteiger partial charge in [-0.05, 0) is 68.3 Å². The van der Waals surface area contributed by atoms with E-state index in [0.717, 1.165) is 11.1 Å². The van der Waals surface area contributed by atoms with Crippen LogP contribution in [0.4, 0.5) is 0 Å². The fourth-order valence-electron chi connectivity index (χ4n) is 5.05. The van der Waals surface area contributed by atoms with Gasteiger partial charge in [-0.25, -0.2) is 9.79 Å². The third kappa shape index (κ3) is 6.62. The molecule has 4 aromatic rings. The van der Waals surface area contributed by atoms with E-state index in [1.807, 2.05) is 43.3 Å². The van der Waals surface area contributed by atoms with E-state index >= 15 is 0 Å². The quantitative estimate of drug-likeness (QED) is 0.200. The van der Waals surface area contributed by atoms with Crippen LogP contribution in [0.5, 0.6) is 23.0 Å². The zero-order valence-corrected chi connectivity index (χ0v) is 27.2. The maximum atomic E-state index is 14.1. The van der Waals surface area contributed by atoms with Gasteiger partial charge in [0, 0.05) is 10.6 Å². The van der Waals surface area contributed by atoms with Gasteiger partial charge in [-0.2, -0.15) is 0 Å². The lowest BCUT2D eigenvalue weighted by Gasteiger charge is -2.25. The Kier molecular flexibility index (Phi) is 9.95. The highest BCUT2D eigenvalue weighted by molar-refractivity contribution is 7.07. The number of hydrogen-bond donors (Lipinski definition) is 0. The molecule has 0 saturated carbocycles. The third-order valence-corrected chi connectivity index (χ3v) is 8.50. The number of thiazole rings is 1. The number of allylic oxidation sites excluding steroid dienone is 1. The third-order valence-electron chi connectivity index (χ3n) is 7.15. The van der Waals surface area contributed by atoms with Crippen LogP contribution in [0.25, 0.3) is 6.08 Å². The molecule has 0 radical (unpaired) electrons. The monoisotopic (exact) mass is 648 g/mol. The number of fused-ring (bicyclic) bond motifs is 1. The number of methoxy groups -OCH3 is 2. The minimum Gasteiger partial charge on any atom is -0.493 e. The van der Waals surface area contributed by atoms with Crippen molar-refractivity contribution in [2.75, 3.05) is 27.4 Å². The van der Waals surface area contributed by atoms with Gasteiger partial charge in [0.15, 0.2) is 27.8 Å². The highest BCUT2D eigenvalue weighted by atomic mass is 35.5. The summed E-state index contributed by atoms with van der Waals surface area (Å²) in [6.07, 6.45) is 1.77. The summed E-state index contributed by atoms with van der Waals surface area (Å²) in [5.41, 5.74) is 2.69. The molecule has 5 rings (SSSR count). The first-order valence-corrected chi connectivity index (χ1v) is 15.5. The van der Waals surface area contributed by atoms with E-state index in [-0.39, 0.29) is 24.3 Å². The minimum absolute atomic E-state index is 0.180. The zero-order valence-electron chi connectivity index (χ0n) is 25.6. The molecule has 0 unspecified atom stereocenters. The van der Waals surface area contributed by atoms with E-state index in [1.165, 1.54) is 15.9 Å². The lowest BCUT2D eigenvalue weighted by molar-refractivity contribution is -0.139. The number of rotatable bonds is 11. The molecule has 0 aliphatic carbocycles. The fourth-order valence-corrected chi connectivity index (χ4v) is 6.29. The van der Waals surface area contributed by atoms with Crippen molar-refractivity contribution in [1.82, 2.24) is 4.57 Å². The van der Waals surface area contributed by atoms with Gasteiger partial charge in [0.2, 0.25) is 0 Å². The van der Waals surface area contributed by atoms with Crippen molar-refractivity contribution in [3.63, 3.8) is 0 Å². The first-order chi connectivity index (χ1) is 21.8. The Labute approximate surface area is 269 Å². The lowest BCUT2D eigenvalue weighted by atomic mass is 9.95. The standard InChI is InChI=1S/C34H33ClN2O7S/c1-6-42-28-18-22(13-15-25(28)40-4)31-30(33(39)43-7-2)20(3)36-34-37(31)32(38)29(45-34)17-21-12-14-26(27(16-21)41-5)44-19-23-10-8-9-11-24(23)35/h8-18,31H,6-7,19H2,1-5H3/b29-17-/t31-/m1/s1. The van der Waals surface area contributed by atoms with E-state index in [2.05, 4.69) is 4.99 Å². The average molecular weight is 649 g/mol. The van der Waals surface area contributed by atoms with E-state index in [0.29, 0.717) is 55.2 Å². The van der Waals surface area contributed by atoms with E-state index in [9.17, 15) is 9.59 Å². The Bertz CT molecular complexity index is 1950. The van der Waals surface area contributed by atoms with E-state index in [4.69, 9.17) is 35.3 Å². The van der Waals surface area contributed by atoms with Crippen molar-refractivity contribution in [3.8, 4) is 23.0 Å². The molecule has 45 heavy (non-hydrogen) atoms. The molecule has 0 saturated heterocycles. The molecule has 2 heterocycles. The normalized spacial score (nSPS) is 14.4. The summed E-state index contributed by atoms with van der Waals surface area (Å²) in [4.78, 5) is 32.4. The molecule has 1 aliphatic rings. The molecule has 1 atom stereocenters. The molecule has 0 spiro atoms. The number of carbonyl (C=O) groups is 1. The molecule has 0 amide bonds. The van der Waals surface area contributed by atoms with Gasteiger partial charge in [-0.15, -0.1) is 0 Å². The van der Waals surface area contributed by atoms with E-state index in [1.54, 1.807) is 58.4 Å². The van der Waals surface area contributed by atoms with Crippen molar-refractivity contribution in [2.45, 2.75) is 33.4 Å². The molecular formula is C34H33ClN2O7S. The van der Waals surface area contributed by atoms with Crippen LogP contribution in [0.3, 0.4) is 0 Å². The summed E-state index contributed by atoms with van der Waals surface area (Å²) in [5, 5.41) is 0.617. The maximum Gasteiger partial charge on any atom is 0.338 e. The molecular weight excluding hydrogens is 616 g/mol. The predicted octanol–water partition coefficient (Wildman–Crippen LogP) is 5.45. The second-order valence-corrected chi connectivity index (χ2v) is 11.4. The summed E-state index contributed by atoms with van der Waals surface area (Å²) in [6, 6.07) is 17.5. The number of halogens is 1. The Balaban J connectivity index is 1.58. The Morgan fingerprint density at radius 1 is 0.956 bits per heavy atom. The molecule has 0 fully saturated rings. The van der Waals surface area contributed by atoms with Crippen LogP contribution in [0.15, 0.2) is 81.7 Å². The first-order valence-electron chi connectivity index (χ1n) is 14.3. The van der Waals surface area contributed by atoms with Crippen LogP contribution in [-0.2, 0) is 16.1 Å². The number of hydrogen-bond acceptors (Lipinski definition) is 9. The number of benzene rings is 3. The number of ether oxygens (including phenoxy) is 5. The molecule has 1 aromatic heterocycles. The maximum absolute atomic E-state index is 14.1. The second-order valence-electron chi connectivity index (χ2n) is 9.94. The van der Waals surface area contributed by atoms with Gasteiger partial charge in [-0.3, -0.25) is 9.36 Å². The zero-order chi connectivity index (χ0) is 32.1. The molecule has 3 aromatic carbocycles. The molecule has 0 bridgehead atoms. The van der Waals surface area contributed by atoms with Gasteiger partial charge >= 0.3 is 5.97 Å². The van der Waals surface area contributed by atoms with Gasteiger partial charge in [0.25, 0.3) is 5.56 Å². The number of esters is 1. The predicted molar refractivity (Wildman–Crippen MR) is 173 cm³/mol. The lowest BCUT2D eigenvalue weighted by Crippen LogP contribution is -2.40. The van der Waals surface area contributed by atoms with Crippen LogP contribution in [0.1, 0.15) is 43.5 Å². The largest absolute Gasteiger partial charge is 0.493 e. The summed E-state index contributed by atoms with van der Waals surface area (Å²) in [6.45, 7) is 6.22. The molecule has 234 valence electrons. The van der Waals surface area contributed by atoms with Gasteiger partial charge < -0.3 is 23.7 Å².